The Morgan fingerprint density at radius 3 is 3.27 bits per heavy atom. The summed E-state index contributed by atoms with van der Waals surface area (Å²) in [7, 11) is 0. The Hall–Kier alpha value is -0.480. The summed E-state index contributed by atoms with van der Waals surface area (Å²) in [5.41, 5.74) is 1.14. The van der Waals surface area contributed by atoms with Gasteiger partial charge in [-0.25, -0.2) is 0 Å². The van der Waals surface area contributed by atoms with Crippen molar-refractivity contribution in [2.24, 2.45) is 0 Å². The van der Waals surface area contributed by atoms with E-state index in [9.17, 15) is 0 Å². The van der Waals surface area contributed by atoms with Crippen molar-refractivity contribution in [1.82, 2.24) is 15.5 Å². The van der Waals surface area contributed by atoms with E-state index in [4.69, 9.17) is 0 Å². The van der Waals surface area contributed by atoms with Gasteiger partial charge in [0.15, 0.2) is 0 Å². The SMILES string of the molecule is CSCCNCc1ccn[nH]1. The zero-order valence-electron chi connectivity index (χ0n) is 6.63. The number of aromatic amines is 1. The molecular weight excluding hydrogens is 158 g/mol. The number of aromatic nitrogens is 2. The summed E-state index contributed by atoms with van der Waals surface area (Å²) < 4.78 is 0. The first kappa shape index (κ1) is 8.62. The maximum atomic E-state index is 3.85. The van der Waals surface area contributed by atoms with Crippen LogP contribution in [0.5, 0.6) is 0 Å². The second-order valence-electron chi connectivity index (χ2n) is 2.25. The molecule has 0 spiro atoms. The standard InChI is InChI=1S/C7H13N3S/c1-11-5-4-8-6-7-2-3-9-10-7/h2-3,8H,4-6H2,1H3,(H,9,10). The number of thioether (sulfide) groups is 1. The highest BCUT2D eigenvalue weighted by Gasteiger charge is 1.90. The van der Waals surface area contributed by atoms with Crippen LogP contribution in [0.25, 0.3) is 0 Å². The van der Waals surface area contributed by atoms with Crippen molar-refractivity contribution >= 4 is 11.8 Å². The van der Waals surface area contributed by atoms with Crippen LogP contribution in [0.4, 0.5) is 0 Å². The molecule has 0 amide bonds. The average molecular weight is 171 g/mol. The third kappa shape index (κ3) is 3.43. The van der Waals surface area contributed by atoms with E-state index in [0.29, 0.717) is 0 Å². The van der Waals surface area contributed by atoms with Crippen molar-refractivity contribution in [3.63, 3.8) is 0 Å². The first-order valence-electron chi connectivity index (χ1n) is 3.61. The molecule has 4 heteroatoms. The highest BCUT2D eigenvalue weighted by Crippen LogP contribution is 1.91. The van der Waals surface area contributed by atoms with Gasteiger partial charge in [-0.05, 0) is 12.3 Å². The Kier molecular flexibility index (Phi) is 4.08. The normalized spacial score (nSPS) is 10.3. The van der Waals surface area contributed by atoms with E-state index < -0.39 is 0 Å². The minimum Gasteiger partial charge on any atom is -0.310 e. The largest absolute Gasteiger partial charge is 0.310 e. The summed E-state index contributed by atoms with van der Waals surface area (Å²) in [5, 5.41) is 10.0. The molecule has 1 aromatic rings. The smallest absolute Gasteiger partial charge is 0.0490 e. The van der Waals surface area contributed by atoms with Crippen molar-refractivity contribution in [3.05, 3.63) is 18.0 Å². The summed E-state index contributed by atoms with van der Waals surface area (Å²) in [6.45, 7) is 1.95. The number of hydrogen-bond donors (Lipinski definition) is 2. The van der Waals surface area contributed by atoms with Crippen molar-refractivity contribution in [2.75, 3.05) is 18.6 Å². The monoisotopic (exact) mass is 171 g/mol. The molecule has 1 aromatic heterocycles. The van der Waals surface area contributed by atoms with Gasteiger partial charge in [0, 0.05) is 30.7 Å². The van der Waals surface area contributed by atoms with Crippen molar-refractivity contribution < 1.29 is 0 Å². The maximum absolute atomic E-state index is 3.85. The van der Waals surface area contributed by atoms with Gasteiger partial charge in [0.25, 0.3) is 0 Å². The fraction of sp³-hybridized carbons (Fsp3) is 0.571. The fourth-order valence-electron chi connectivity index (χ4n) is 0.780. The third-order valence-corrected chi connectivity index (χ3v) is 1.97. The van der Waals surface area contributed by atoms with Gasteiger partial charge in [-0.2, -0.15) is 16.9 Å². The van der Waals surface area contributed by atoms with Crippen LogP contribution in [-0.2, 0) is 6.54 Å². The predicted octanol–water partition coefficient (Wildman–Crippen LogP) is 0.862. The van der Waals surface area contributed by atoms with E-state index in [1.54, 1.807) is 6.20 Å². The van der Waals surface area contributed by atoms with Gasteiger partial charge in [0.05, 0.1) is 0 Å². The van der Waals surface area contributed by atoms with Crippen LogP contribution in [0.1, 0.15) is 5.69 Å². The molecule has 0 saturated heterocycles. The molecule has 0 aliphatic heterocycles. The van der Waals surface area contributed by atoms with E-state index in [0.717, 1.165) is 24.5 Å². The molecule has 62 valence electrons. The van der Waals surface area contributed by atoms with Gasteiger partial charge >= 0.3 is 0 Å². The minimum absolute atomic E-state index is 0.889. The van der Waals surface area contributed by atoms with Gasteiger partial charge in [-0.1, -0.05) is 0 Å². The molecule has 0 atom stereocenters. The molecule has 1 heterocycles. The summed E-state index contributed by atoms with van der Waals surface area (Å²) in [5.74, 6) is 1.16. The summed E-state index contributed by atoms with van der Waals surface area (Å²) >= 11 is 1.85. The second kappa shape index (κ2) is 5.21. The van der Waals surface area contributed by atoms with Crippen LogP contribution in [0, 0.1) is 0 Å². The molecule has 0 aliphatic carbocycles. The predicted molar refractivity (Wildman–Crippen MR) is 48.7 cm³/mol. The molecule has 0 unspecified atom stereocenters. The Balaban J connectivity index is 2.04. The summed E-state index contributed by atoms with van der Waals surface area (Å²) in [4.78, 5) is 0. The molecule has 0 aliphatic rings. The minimum atomic E-state index is 0.889. The molecule has 0 bridgehead atoms. The van der Waals surface area contributed by atoms with Crippen LogP contribution >= 0.6 is 11.8 Å². The Morgan fingerprint density at radius 1 is 1.73 bits per heavy atom. The molecule has 3 nitrogen and oxygen atoms in total. The van der Waals surface area contributed by atoms with E-state index in [1.165, 1.54) is 0 Å². The van der Waals surface area contributed by atoms with Crippen molar-refractivity contribution in [1.29, 1.82) is 0 Å². The van der Waals surface area contributed by atoms with Crippen LogP contribution in [0.15, 0.2) is 12.3 Å². The Morgan fingerprint density at radius 2 is 2.64 bits per heavy atom. The molecule has 0 saturated carbocycles. The first-order valence-corrected chi connectivity index (χ1v) is 5.01. The highest BCUT2D eigenvalue weighted by molar-refractivity contribution is 7.98. The van der Waals surface area contributed by atoms with Crippen LogP contribution < -0.4 is 5.32 Å². The van der Waals surface area contributed by atoms with Crippen LogP contribution in [-0.4, -0.2) is 28.8 Å². The molecule has 11 heavy (non-hydrogen) atoms. The maximum Gasteiger partial charge on any atom is 0.0490 e. The zero-order valence-corrected chi connectivity index (χ0v) is 7.45. The fourth-order valence-corrected chi connectivity index (χ4v) is 1.13. The summed E-state index contributed by atoms with van der Waals surface area (Å²) in [6, 6.07) is 1.98. The zero-order chi connectivity index (χ0) is 7.94. The molecule has 0 fully saturated rings. The lowest BCUT2D eigenvalue weighted by Gasteiger charge is -1.99. The Bertz CT molecular complexity index is 174. The number of H-pyrrole nitrogens is 1. The average Bonchev–Trinajstić information content (AvgIpc) is 2.50. The number of nitrogens with zero attached hydrogens (tertiary/aromatic N) is 1. The quantitative estimate of drug-likeness (QED) is 0.646. The molecule has 0 radical (unpaired) electrons. The number of nitrogens with one attached hydrogen (secondary N) is 2. The lowest BCUT2D eigenvalue weighted by Crippen LogP contribution is -2.16. The third-order valence-electron chi connectivity index (χ3n) is 1.36. The second-order valence-corrected chi connectivity index (χ2v) is 3.24. The van der Waals surface area contributed by atoms with Gasteiger partial charge in [0.2, 0.25) is 0 Å². The molecule has 2 N–H and O–H groups in total. The number of rotatable bonds is 5. The highest BCUT2D eigenvalue weighted by atomic mass is 32.2. The topological polar surface area (TPSA) is 40.7 Å². The van der Waals surface area contributed by atoms with Gasteiger partial charge in [-0.15, -0.1) is 0 Å². The van der Waals surface area contributed by atoms with Crippen molar-refractivity contribution in [2.45, 2.75) is 6.54 Å². The van der Waals surface area contributed by atoms with Crippen LogP contribution in [0.3, 0.4) is 0 Å². The molecule has 0 aromatic carbocycles. The van der Waals surface area contributed by atoms with E-state index in [2.05, 4.69) is 21.8 Å². The molecule has 1 rings (SSSR count). The molecular formula is C7H13N3S. The Labute approximate surface area is 71.0 Å². The lowest BCUT2D eigenvalue weighted by molar-refractivity contribution is 0.712. The van der Waals surface area contributed by atoms with Crippen LogP contribution in [0.2, 0.25) is 0 Å². The summed E-state index contributed by atoms with van der Waals surface area (Å²) in [6.07, 6.45) is 3.88. The lowest BCUT2D eigenvalue weighted by atomic mass is 10.4. The van der Waals surface area contributed by atoms with Gasteiger partial charge in [0.1, 0.15) is 0 Å². The van der Waals surface area contributed by atoms with E-state index in [-0.39, 0.29) is 0 Å². The number of hydrogen-bond acceptors (Lipinski definition) is 3. The van der Waals surface area contributed by atoms with Crippen molar-refractivity contribution in [3.8, 4) is 0 Å². The first-order chi connectivity index (χ1) is 5.43. The van der Waals surface area contributed by atoms with E-state index >= 15 is 0 Å². The van der Waals surface area contributed by atoms with E-state index in [1.807, 2.05) is 17.8 Å². The van der Waals surface area contributed by atoms with Gasteiger partial charge < -0.3 is 5.32 Å². The van der Waals surface area contributed by atoms with Gasteiger partial charge in [-0.3, -0.25) is 5.10 Å².